The van der Waals surface area contributed by atoms with Crippen LogP contribution < -0.4 is 0 Å². The molecule has 0 spiro atoms. The fourth-order valence-electron chi connectivity index (χ4n) is 0.773. The van der Waals surface area contributed by atoms with Crippen LogP contribution in [0.1, 0.15) is 28.0 Å². The molecule has 0 saturated heterocycles. The van der Waals surface area contributed by atoms with Crippen molar-refractivity contribution in [3.63, 3.8) is 0 Å². The Balaban J connectivity index is 2.77. The number of methoxy groups -OCH3 is 1. The molecule has 0 unspecified atom stereocenters. The summed E-state index contributed by atoms with van der Waals surface area (Å²) < 4.78 is 13.6. The Morgan fingerprint density at radius 3 is 2.79 bits per heavy atom. The Morgan fingerprint density at radius 2 is 2.21 bits per heavy atom. The van der Waals surface area contributed by atoms with Crippen molar-refractivity contribution >= 4 is 11.9 Å². The van der Waals surface area contributed by atoms with Crippen molar-refractivity contribution in [2.24, 2.45) is 0 Å². The van der Waals surface area contributed by atoms with E-state index >= 15 is 0 Å². The first-order valence-corrected chi connectivity index (χ1v) is 3.91. The molecule has 0 aliphatic heterocycles. The van der Waals surface area contributed by atoms with Gasteiger partial charge in [0.05, 0.1) is 13.7 Å². The summed E-state index contributed by atoms with van der Waals surface area (Å²) in [4.78, 5) is 22.0. The van der Waals surface area contributed by atoms with Gasteiger partial charge in [0, 0.05) is 6.07 Å². The third-order valence-corrected chi connectivity index (χ3v) is 1.38. The Hall–Kier alpha value is -1.85. The highest BCUT2D eigenvalue weighted by Gasteiger charge is 2.18. The van der Waals surface area contributed by atoms with Gasteiger partial charge >= 0.3 is 11.9 Å². The summed E-state index contributed by atoms with van der Waals surface area (Å²) in [6, 6.07) is 1.17. The molecule has 1 aromatic rings. The van der Waals surface area contributed by atoms with E-state index in [1.807, 2.05) is 0 Å². The zero-order valence-electron chi connectivity index (χ0n) is 7.77. The lowest BCUT2D eigenvalue weighted by atomic mass is 10.3. The van der Waals surface area contributed by atoms with E-state index in [-0.39, 0.29) is 18.1 Å². The topological polar surface area (TPSA) is 78.6 Å². The first-order valence-electron chi connectivity index (χ1n) is 3.91. The molecular formula is C8H9NO5. The number of carbonyl (C=O) groups excluding carboxylic acids is 2. The van der Waals surface area contributed by atoms with Crippen LogP contribution in [0.3, 0.4) is 0 Å². The van der Waals surface area contributed by atoms with Crippen LogP contribution in [-0.2, 0) is 9.47 Å². The van der Waals surface area contributed by atoms with E-state index < -0.39 is 11.9 Å². The molecule has 0 atom stereocenters. The molecule has 0 aliphatic rings. The molecule has 14 heavy (non-hydrogen) atoms. The van der Waals surface area contributed by atoms with E-state index in [9.17, 15) is 9.59 Å². The first-order chi connectivity index (χ1) is 6.69. The Labute approximate surface area is 79.8 Å². The van der Waals surface area contributed by atoms with Crippen LogP contribution in [0.2, 0.25) is 0 Å². The monoisotopic (exact) mass is 199 g/mol. The van der Waals surface area contributed by atoms with Crippen molar-refractivity contribution < 1.29 is 23.6 Å². The molecular weight excluding hydrogens is 190 g/mol. The summed E-state index contributed by atoms with van der Waals surface area (Å²) in [7, 11) is 1.20. The first kappa shape index (κ1) is 10.2. The molecule has 1 heterocycles. The fourth-order valence-corrected chi connectivity index (χ4v) is 0.773. The SMILES string of the molecule is CCOC(=O)c1cc(C(=O)OC)on1. The van der Waals surface area contributed by atoms with Crippen molar-refractivity contribution in [3.8, 4) is 0 Å². The lowest BCUT2D eigenvalue weighted by Gasteiger charge is -1.94. The number of nitrogens with zero attached hydrogens (tertiary/aromatic N) is 1. The number of rotatable bonds is 3. The number of aromatic nitrogens is 1. The number of hydrogen-bond acceptors (Lipinski definition) is 6. The molecule has 1 aromatic heterocycles. The molecule has 6 heteroatoms. The second-order valence-electron chi connectivity index (χ2n) is 2.29. The molecule has 0 bridgehead atoms. The largest absolute Gasteiger partial charge is 0.463 e. The van der Waals surface area contributed by atoms with Crippen LogP contribution in [0.4, 0.5) is 0 Å². The molecule has 0 saturated carbocycles. The van der Waals surface area contributed by atoms with Gasteiger partial charge in [0.2, 0.25) is 5.76 Å². The standard InChI is InChI=1S/C8H9NO5/c1-3-13-7(10)5-4-6(14-9-5)8(11)12-2/h4H,3H2,1-2H3. The average molecular weight is 199 g/mol. The molecule has 0 N–H and O–H groups in total. The van der Waals surface area contributed by atoms with Crippen molar-refractivity contribution in [1.82, 2.24) is 5.16 Å². The highest BCUT2D eigenvalue weighted by molar-refractivity contribution is 5.92. The van der Waals surface area contributed by atoms with Crippen LogP contribution in [0.25, 0.3) is 0 Å². The minimum Gasteiger partial charge on any atom is -0.463 e. The molecule has 0 amide bonds. The number of hydrogen-bond donors (Lipinski definition) is 0. The highest BCUT2D eigenvalue weighted by Crippen LogP contribution is 2.06. The fraction of sp³-hybridized carbons (Fsp3) is 0.375. The minimum atomic E-state index is -0.687. The van der Waals surface area contributed by atoms with E-state index in [1.54, 1.807) is 6.92 Å². The van der Waals surface area contributed by atoms with E-state index in [4.69, 9.17) is 0 Å². The normalized spacial score (nSPS) is 9.57. The van der Waals surface area contributed by atoms with Gasteiger partial charge in [0.15, 0.2) is 5.69 Å². The zero-order valence-corrected chi connectivity index (χ0v) is 7.77. The molecule has 0 fully saturated rings. The summed E-state index contributed by atoms with van der Waals surface area (Å²) in [6.07, 6.45) is 0. The van der Waals surface area contributed by atoms with Crippen LogP contribution >= 0.6 is 0 Å². The maximum absolute atomic E-state index is 11.1. The van der Waals surface area contributed by atoms with Gasteiger partial charge in [-0.15, -0.1) is 0 Å². The smallest absolute Gasteiger partial charge is 0.376 e. The summed E-state index contributed by atoms with van der Waals surface area (Å²) in [5.41, 5.74) is -0.0488. The Bertz CT molecular complexity index is 343. The molecule has 0 aliphatic carbocycles. The lowest BCUT2D eigenvalue weighted by Crippen LogP contribution is -2.04. The van der Waals surface area contributed by atoms with Crippen molar-refractivity contribution in [2.45, 2.75) is 6.92 Å². The van der Waals surface area contributed by atoms with E-state index in [0.29, 0.717) is 0 Å². The van der Waals surface area contributed by atoms with Gasteiger partial charge in [-0.25, -0.2) is 9.59 Å². The molecule has 0 aromatic carbocycles. The zero-order chi connectivity index (χ0) is 10.6. The highest BCUT2D eigenvalue weighted by atomic mass is 16.6. The maximum atomic E-state index is 11.1. The molecule has 76 valence electrons. The van der Waals surface area contributed by atoms with E-state index in [1.165, 1.54) is 13.2 Å². The van der Waals surface area contributed by atoms with Crippen molar-refractivity contribution in [2.75, 3.05) is 13.7 Å². The average Bonchev–Trinajstić information content (AvgIpc) is 2.66. The summed E-state index contributed by atoms with van der Waals surface area (Å²) >= 11 is 0. The second-order valence-corrected chi connectivity index (χ2v) is 2.29. The van der Waals surface area contributed by atoms with Gasteiger partial charge in [0.25, 0.3) is 0 Å². The van der Waals surface area contributed by atoms with E-state index in [0.717, 1.165) is 0 Å². The van der Waals surface area contributed by atoms with Crippen LogP contribution in [-0.4, -0.2) is 30.8 Å². The second kappa shape index (κ2) is 4.40. The molecule has 1 rings (SSSR count). The number of ether oxygens (including phenoxy) is 2. The number of carbonyl (C=O) groups is 2. The Morgan fingerprint density at radius 1 is 1.50 bits per heavy atom. The third-order valence-electron chi connectivity index (χ3n) is 1.38. The Kier molecular flexibility index (Phi) is 3.22. The predicted molar refractivity (Wildman–Crippen MR) is 43.8 cm³/mol. The van der Waals surface area contributed by atoms with E-state index in [2.05, 4.69) is 19.2 Å². The summed E-state index contributed by atoms with van der Waals surface area (Å²) in [6.45, 7) is 1.90. The van der Waals surface area contributed by atoms with Gasteiger partial charge < -0.3 is 14.0 Å². The maximum Gasteiger partial charge on any atom is 0.376 e. The molecule has 6 nitrogen and oxygen atoms in total. The van der Waals surface area contributed by atoms with Crippen LogP contribution in [0.5, 0.6) is 0 Å². The molecule has 0 radical (unpaired) electrons. The van der Waals surface area contributed by atoms with Crippen LogP contribution in [0, 0.1) is 0 Å². The van der Waals surface area contributed by atoms with Gasteiger partial charge in [-0.1, -0.05) is 5.16 Å². The van der Waals surface area contributed by atoms with Crippen molar-refractivity contribution in [3.05, 3.63) is 17.5 Å². The van der Waals surface area contributed by atoms with Crippen LogP contribution in [0.15, 0.2) is 10.6 Å². The summed E-state index contributed by atoms with van der Waals surface area (Å²) in [5, 5.41) is 3.35. The summed E-state index contributed by atoms with van der Waals surface area (Å²) in [5.74, 6) is -1.45. The predicted octanol–water partition coefficient (Wildman–Crippen LogP) is 0.638. The lowest BCUT2D eigenvalue weighted by molar-refractivity contribution is 0.0507. The quantitative estimate of drug-likeness (QED) is 0.664. The van der Waals surface area contributed by atoms with Gasteiger partial charge in [-0.3, -0.25) is 0 Å². The van der Waals surface area contributed by atoms with Gasteiger partial charge in [-0.05, 0) is 6.92 Å². The van der Waals surface area contributed by atoms with Gasteiger partial charge in [0.1, 0.15) is 0 Å². The number of esters is 2. The van der Waals surface area contributed by atoms with Gasteiger partial charge in [-0.2, -0.15) is 0 Å². The van der Waals surface area contributed by atoms with Crippen molar-refractivity contribution in [1.29, 1.82) is 0 Å². The third kappa shape index (κ3) is 2.09. The minimum absolute atomic E-state index is 0.0488.